The van der Waals surface area contributed by atoms with E-state index in [1.54, 1.807) is 18.2 Å². The number of hydrogen-bond donors (Lipinski definition) is 2. The third-order valence-electron chi connectivity index (χ3n) is 3.84. The molecule has 0 aliphatic heterocycles. The van der Waals surface area contributed by atoms with Gasteiger partial charge in [0.2, 0.25) is 5.95 Å². The van der Waals surface area contributed by atoms with Crippen molar-refractivity contribution in [2.24, 2.45) is 0 Å². The van der Waals surface area contributed by atoms with Crippen molar-refractivity contribution in [1.82, 2.24) is 9.97 Å². The van der Waals surface area contributed by atoms with E-state index in [1.807, 2.05) is 44.2 Å². The Morgan fingerprint density at radius 3 is 2.52 bits per heavy atom. The van der Waals surface area contributed by atoms with Gasteiger partial charge in [-0.2, -0.15) is 4.98 Å². The van der Waals surface area contributed by atoms with E-state index in [1.165, 1.54) is 7.11 Å². The van der Waals surface area contributed by atoms with Crippen LogP contribution in [0.5, 0.6) is 0 Å². The summed E-state index contributed by atoms with van der Waals surface area (Å²) < 4.78 is 4.75. The first kappa shape index (κ1) is 18.7. The minimum Gasteiger partial charge on any atom is -0.465 e. The van der Waals surface area contributed by atoms with Crippen molar-refractivity contribution < 1.29 is 9.53 Å². The van der Waals surface area contributed by atoms with Crippen LogP contribution in [0.15, 0.2) is 48.5 Å². The number of hydrogen-bond acceptors (Lipinski definition) is 6. The largest absolute Gasteiger partial charge is 0.465 e. The maximum Gasteiger partial charge on any atom is 0.337 e. The Bertz CT molecular complexity index is 991. The Balaban J connectivity index is 1.83. The molecule has 0 unspecified atom stereocenters. The zero-order valence-electron chi connectivity index (χ0n) is 15.2. The first-order valence-electron chi connectivity index (χ1n) is 8.29. The number of halogens is 1. The predicted octanol–water partition coefficient (Wildman–Crippen LogP) is 5.02. The van der Waals surface area contributed by atoms with Crippen LogP contribution in [0.1, 0.15) is 21.6 Å². The number of benzene rings is 2. The molecule has 138 valence electrons. The van der Waals surface area contributed by atoms with Crippen molar-refractivity contribution in [3.63, 3.8) is 0 Å². The van der Waals surface area contributed by atoms with Gasteiger partial charge in [-0.05, 0) is 49.7 Å². The summed E-state index contributed by atoms with van der Waals surface area (Å²) in [6, 6.07) is 14.5. The first-order valence-corrected chi connectivity index (χ1v) is 8.66. The first-order chi connectivity index (χ1) is 12.9. The van der Waals surface area contributed by atoms with Crippen molar-refractivity contribution in [1.29, 1.82) is 0 Å². The second-order valence-corrected chi connectivity index (χ2v) is 6.41. The fourth-order valence-electron chi connectivity index (χ4n) is 2.48. The average Bonchev–Trinajstić information content (AvgIpc) is 2.64. The number of carbonyl (C=O) groups is 1. The SMILES string of the molecule is COC(=O)c1cccc(Nc2cc(C)nc(Nc3ccc(C)c(Cl)c3)n2)c1. The second kappa shape index (κ2) is 8.05. The van der Waals surface area contributed by atoms with E-state index in [4.69, 9.17) is 16.3 Å². The number of nitrogens with zero attached hydrogens (tertiary/aromatic N) is 2. The van der Waals surface area contributed by atoms with Gasteiger partial charge in [0, 0.05) is 28.2 Å². The van der Waals surface area contributed by atoms with Gasteiger partial charge in [0.25, 0.3) is 0 Å². The van der Waals surface area contributed by atoms with Gasteiger partial charge in [-0.1, -0.05) is 23.7 Å². The summed E-state index contributed by atoms with van der Waals surface area (Å²) in [6.45, 7) is 3.82. The highest BCUT2D eigenvalue weighted by Gasteiger charge is 2.08. The lowest BCUT2D eigenvalue weighted by Gasteiger charge is -2.11. The van der Waals surface area contributed by atoms with Gasteiger partial charge in [0.05, 0.1) is 12.7 Å². The molecule has 0 radical (unpaired) electrons. The van der Waals surface area contributed by atoms with Crippen LogP contribution >= 0.6 is 11.6 Å². The summed E-state index contributed by atoms with van der Waals surface area (Å²) in [5, 5.41) is 7.01. The fraction of sp³-hybridized carbons (Fsp3) is 0.150. The quantitative estimate of drug-likeness (QED) is 0.603. The monoisotopic (exact) mass is 382 g/mol. The normalized spacial score (nSPS) is 10.4. The topological polar surface area (TPSA) is 76.1 Å². The highest BCUT2D eigenvalue weighted by molar-refractivity contribution is 6.31. The summed E-state index contributed by atoms with van der Waals surface area (Å²) in [5.41, 5.74) is 3.77. The molecule has 1 heterocycles. The molecule has 27 heavy (non-hydrogen) atoms. The summed E-state index contributed by atoms with van der Waals surface area (Å²) in [5.74, 6) is 0.655. The zero-order chi connectivity index (χ0) is 19.4. The Morgan fingerprint density at radius 2 is 1.78 bits per heavy atom. The van der Waals surface area contributed by atoms with Crippen molar-refractivity contribution in [3.8, 4) is 0 Å². The van der Waals surface area contributed by atoms with Crippen LogP contribution < -0.4 is 10.6 Å². The second-order valence-electron chi connectivity index (χ2n) is 6.00. The standard InChI is InChI=1S/C20H19ClN4O2/c1-12-7-8-16(11-17(12)21)24-20-22-13(2)9-18(25-20)23-15-6-4-5-14(10-15)19(26)27-3/h4-11H,1-3H3,(H2,22,23,24,25). The Labute approximate surface area is 162 Å². The molecule has 0 aliphatic rings. The van der Waals surface area contributed by atoms with Crippen LogP contribution in [0.4, 0.5) is 23.1 Å². The third-order valence-corrected chi connectivity index (χ3v) is 4.25. The lowest BCUT2D eigenvalue weighted by atomic mass is 10.2. The number of ether oxygens (including phenoxy) is 1. The molecule has 1 aromatic heterocycles. The Kier molecular flexibility index (Phi) is 5.57. The molecule has 2 aromatic carbocycles. The molecule has 0 fully saturated rings. The average molecular weight is 383 g/mol. The number of carbonyl (C=O) groups excluding carboxylic acids is 1. The molecule has 0 bridgehead atoms. The van der Waals surface area contributed by atoms with E-state index < -0.39 is 5.97 Å². The van der Waals surface area contributed by atoms with Crippen LogP contribution in [0.3, 0.4) is 0 Å². The van der Waals surface area contributed by atoms with Gasteiger partial charge in [0.15, 0.2) is 0 Å². The molecule has 0 amide bonds. The molecule has 0 saturated heterocycles. The van der Waals surface area contributed by atoms with Crippen molar-refractivity contribution in [2.75, 3.05) is 17.7 Å². The van der Waals surface area contributed by atoms with Gasteiger partial charge < -0.3 is 15.4 Å². The van der Waals surface area contributed by atoms with E-state index in [-0.39, 0.29) is 0 Å². The molecule has 3 aromatic rings. The molecule has 0 atom stereocenters. The molecule has 6 nitrogen and oxygen atoms in total. The number of esters is 1. The Morgan fingerprint density at radius 1 is 1.00 bits per heavy atom. The number of rotatable bonds is 5. The summed E-state index contributed by atoms with van der Waals surface area (Å²) in [6.07, 6.45) is 0. The minimum absolute atomic E-state index is 0.392. The summed E-state index contributed by atoms with van der Waals surface area (Å²) in [4.78, 5) is 20.6. The maximum atomic E-state index is 11.7. The van der Waals surface area contributed by atoms with E-state index in [2.05, 4.69) is 20.6 Å². The predicted molar refractivity (Wildman–Crippen MR) is 107 cm³/mol. The van der Waals surface area contributed by atoms with Crippen LogP contribution in [0, 0.1) is 13.8 Å². The van der Waals surface area contributed by atoms with Crippen LogP contribution in [0.25, 0.3) is 0 Å². The van der Waals surface area contributed by atoms with E-state index in [9.17, 15) is 4.79 Å². The molecule has 0 saturated carbocycles. The summed E-state index contributed by atoms with van der Waals surface area (Å²) in [7, 11) is 1.35. The van der Waals surface area contributed by atoms with Crippen LogP contribution in [-0.2, 0) is 4.74 Å². The van der Waals surface area contributed by atoms with Gasteiger partial charge in [-0.3, -0.25) is 0 Å². The molecule has 0 spiro atoms. The molecule has 0 aliphatic carbocycles. The van der Waals surface area contributed by atoms with Gasteiger partial charge >= 0.3 is 5.97 Å². The smallest absolute Gasteiger partial charge is 0.337 e. The van der Waals surface area contributed by atoms with E-state index >= 15 is 0 Å². The van der Waals surface area contributed by atoms with Crippen molar-refractivity contribution in [3.05, 3.63) is 70.4 Å². The maximum absolute atomic E-state index is 11.7. The van der Waals surface area contributed by atoms with Crippen molar-refractivity contribution >= 4 is 40.7 Å². The molecular formula is C20H19ClN4O2. The highest BCUT2D eigenvalue weighted by atomic mass is 35.5. The number of methoxy groups -OCH3 is 1. The number of nitrogens with one attached hydrogen (secondary N) is 2. The minimum atomic E-state index is -0.392. The van der Waals surface area contributed by atoms with Crippen molar-refractivity contribution in [2.45, 2.75) is 13.8 Å². The molecule has 2 N–H and O–H groups in total. The van der Waals surface area contributed by atoms with E-state index in [0.717, 1.165) is 22.6 Å². The van der Waals surface area contributed by atoms with Gasteiger partial charge in [-0.15, -0.1) is 0 Å². The van der Waals surface area contributed by atoms with Gasteiger partial charge in [0.1, 0.15) is 5.82 Å². The lowest BCUT2D eigenvalue weighted by Crippen LogP contribution is -2.04. The highest BCUT2D eigenvalue weighted by Crippen LogP contribution is 2.23. The third kappa shape index (κ3) is 4.74. The number of aromatic nitrogens is 2. The molecular weight excluding hydrogens is 364 g/mol. The molecule has 7 heteroatoms. The summed E-state index contributed by atoms with van der Waals surface area (Å²) >= 11 is 6.17. The van der Waals surface area contributed by atoms with Crippen LogP contribution in [-0.4, -0.2) is 23.0 Å². The number of anilines is 4. The zero-order valence-corrected chi connectivity index (χ0v) is 16.0. The number of aryl methyl sites for hydroxylation is 2. The fourth-order valence-corrected chi connectivity index (χ4v) is 2.66. The van der Waals surface area contributed by atoms with Crippen LogP contribution in [0.2, 0.25) is 5.02 Å². The van der Waals surface area contributed by atoms with E-state index in [0.29, 0.717) is 22.4 Å². The lowest BCUT2D eigenvalue weighted by molar-refractivity contribution is 0.0601. The van der Waals surface area contributed by atoms with Gasteiger partial charge in [-0.25, -0.2) is 9.78 Å². The Hall–Kier alpha value is -3.12. The molecule has 3 rings (SSSR count).